The van der Waals surface area contributed by atoms with Crippen LogP contribution in [0.2, 0.25) is 0 Å². The first-order valence-electron chi connectivity index (χ1n) is 8.00. The lowest BCUT2D eigenvalue weighted by atomic mass is 9.89. The molecule has 1 aliphatic rings. The molecule has 0 radical (unpaired) electrons. The fraction of sp³-hybridized carbons (Fsp3) is 0.611. The molecule has 0 aliphatic heterocycles. The summed E-state index contributed by atoms with van der Waals surface area (Å²) in [4.78, 5) is 4.32. The highest BCUT2D eigenvalue weighted by molar-refractivity contribution is 5.80. The highest BCUT2D eigenvalue weighted by atomic mass is 16.5. The van der Waals surface area contributed by atoms with Gasteiger partial charge < -0.3 is 15.4 Å². The molecule has 0 spiro atoms. The lowest BCUT2D eigenvalue weighted by Gasteiger charge is -2.30. The Labute approximate surface area is 134 Å². The maximum Gasteiger partial charge on any atom is 0.191 e. The van der Waals surface area contributed by atoms with Gasteiger partial charge in [0.1, 0.15) is 0 Å². The molecular formula is C18H29N3O. The molecule has 1 aliphatic carbocycles. The Morgan fingerprint density at radius 3 is 2.55 bits per heavy atom. The second-order valence-electron chi connectivity index (χ2n) is 7.05. The first-order chi connectivity index (χ1) is 10.5. The molecule has 0 heterocycles. The van der Waals surface area contributed by atoms with Gasteiger partial charge in [-0.1, -0.05) is 51.1 Å². The van der Waals surface area contributed by atoms with Gasteiger partial charge in [0.25, 0.3) is 0 Å². The molecule has 2 rings (SSSR count). The van der Waals surface area contributed by atoms with Crippen LogP contribution in [0.15, 0.2) is 35.3 Å². The summed E-state index contributed by atoms with van der Waals surface area (Å²) in [5.74, 6) is 1.45. The summed E-state index contributed by atoms with van der Waals surface area (Å²) in [6.45, 7) is 7.31. The van der Waals surface area contributed by atoms with Gasteiger partial charge >= 0.3 is 0 Å². The Bertz CT molecular complexity index is 493. The number of nitrogens with zero attached hydrogens (tertiary/aromatic N) is 1. The van der Waals surface area contributed by atoms with Crippen LogP contribution in [0.3, 0.4) is 0 Å². The predicted octanol–water partition coefficient (Wildman–Crippen LogP) is 2.77. The van der Waals surface area contributed by atoms with Crippen LogP contribution in [-0.2, 0) is 4.74 Å². The Hall–Kier alpha value is -1.55. The summed E-state index contributed by atoms with van der Waals surface area (Å²) >= 11 is 0. The molecule has 4 heteroatoms. The summed E-state index contributed by atoms with van der Waals surface area (Å²) in [7, 11) is 3.58. The van der Waals surface area contributed by atoms with Gasteiger partial charge in [0.2, 0.25) is 0 Å². The van der Waals surface area contributed by atoms with Crippen molar-refractivity contribution in [3.8, 4) is 0 Å². The van der Waals surface area contributed by atoms with Crippen molar-refractivity contribution >= 4 is 5.96 Å². The molecule has 2 N–H and O–H groups in total. The van der Waals surface area contributed by atoms with Crippen LogP contribution in [-0.4, -0.2) is 38.8 Å². The molecule has 22 heavy (non-hydrogen) atoms. The average Bonchev–Trinajstić information content (AvgIpc) is 3.25. The standard InChI is InChI=1S/C18H29N3O/c1-18(2,3)16(22-5)12-20-17(19-4)21-15-11-14(15)13-9-7-6-8-10-13/h6-10,14-16H,11-12H2,1-5H3,(H2,19,20,21). The quantitative estimate of drug-likeness (QED) is 0.649. The first-order valence-corrected chi connectivity index (χ1v) is 8.00. The molecule has 1 saturated carbocycles. The number of aliphatic imine (C=N–C) groups is 1. The van der Waals surface area contributed by atoms with Gasteiger partial charge in [0.05, 0.1) is 6.10 Å². The van der Waals surface area contributed by atoms with Crippen molar-refractivity contribution in [2.24, 2.45) is 10.4 Å². The van der Waals surface area contributed by atoms with Gasteiger partial charge in [-0.25, -0.2) is 0 Å². The second-order valence-corrected chi connectivity index (χ2v) is 7.05. The number of hydrogen-bond donors (Lipinski definition) is 2. The molecule has 1 fully saturated rings. The number of methoxy groups -OCH3 is 1. The SMILES string of the molecule is CN=C(NCC(OC)C(C)(C)C)NC1CC1c1ccccc1. The molecule has 122 valence electrons. The Kier molecular flexibility index (Phi) is 5.46. The highest BCUT2D eigenvalue weighted by Gasteiger charge is 2.39. The summed E-state index contributed by atoms with van der Waals surface area (Å²) in [6.07, 6.45) is 1.31. The van der Waals surface area contributed by atoms with E-state index in [0.717, 1.165) is 18.9 Å². The smallest absolute Gasteiger partial charge is 0.191 e. The number of ether oxygens (including phenoxy) is 1. The second kappa shape index (κ2) is 7.14. The maximum absolute atomic E-state index is 5.58. The van der Waals surface area contributed by atoms with E-state index >= 15 is 0 Å². The topological polar surface area (TPSA) is 45.7 Å². The van der Waals surface area contributed by atoms with Crippen molar-refractivity contribution in [2.45, 2.75) is 45.3 Å². The van der Waals surface area contributed by atoms with Crippen LogP contribution in [0, 0.1) is 5.41 Å². The molecule has 3 unspecified atom stereocenters. The van der Waals surface area contributed by atoms with Crippen LogP contribution in [0.4, 0.5) is 0 Å². The summed E-state index contributed by atoms with van der Waals surface area (Å²) in [5, 5.41) is 6.89. The van der Waals surface area contributed by atoms with Crippen molar-refractivity contribution < 1.29 is 4.74 Å². The largest absolute Gasteiger partial charge is 0.379 e. The third-order valence-electron chi connectivity index (χ3n) is 4.27. The number of benzene rings is 1. The third-order valence-corrected chi connectivity index (χ3v) is 4.27. The van der Waals surface area contributed by atoms with E-state index < -0.39 is 0 Å². The zero-order chi connectivity index (χ0) is 16.2. The summed E-state index contributed by atoms with van der Waals surface area (Å²) in [5.41, 5.74) is 1.51. The fourth-order valence-electron chi connectivity index (χ4n) is 2.73. The van der Waals surface area contributed by atoms with Crippen molar-refractivity contribution in [3.63, 3.8) is 0 Å². The Morgan fingerprint density at radius 1 is 1.32 bits per heavy atom. The molecule has 4 nitrogen and oxygen atoms in total. The van der Waals surface area contributed by atoms with Gasteiger partial charge in [0.15, 0.2) is 5.96 Å². The van der Waals surface area contributed by atoms with Crippen LogP contribution in [0.1, 0.15) is 38.7 Å². The highest BCUT2D eigenvalue weighted by Crippen LogP contribution is 2.40. The molecular weight excluding hydrogens is 274 g/mol. The Balaban J connectivity index is 1.82. The zero-order valence-electron chi connectivity index (χ0n) is 14.4. The number of hydrogen-bond acceptors (Lipinski definition) is 2. The van der Waals surface area contributed by atoms with Crippen LogP contribution in [0.25, 0.3) is 0 Å². The molecule has 1 aromatic rings. The molecule has 0 bridgehead atoms. The van der Waals surface area contributed by atoms with Crippen LogP contribution < -0.4 is 10.6 Å². The average molecular weight is 303 g/mol. The molecule has 1 aromatic carbocycles. The first kappa shape index (κ1) is 16.8. The number of nitrogens with one attached hydrogen (secondary N) is 2. The van der Waals surface area contributed by atoms with Crippen molar-refractivity contribution in [2.75, 3.05) is 20.7 Å². The summed E-state index contributed by atoms with van der Waals surface area (Å²) < 4.78 is 5.58. The summed E-state index contributed by atoms with van der Waals surface area (Å²) in [6, 6.07) is 11.1. The lowest BCUT2D eigenvalue weighted by molar-refractivity contribution is 0.0205. The van der Waals surface area contributed by atoms with Crippen molar-refractivity contribution in [3.05, 3.63) is 35.9 Å². The maximum atomic E-state index is 5.58. The van der Waals surface area contributed by atoms with E-state index in [1.807, 2.05) is 7.05 Å². The van der Waals surface area contributed by atoms with Crippen molar-refractivity contribution in [1.29, 1.82) is 0 Å². The van der Waals surface area contributed by atoms with E-state index in [0.29, 0.717) is 12.0 Å². The minimum atomic E-state index is 0.104. The normalized spacial score (nSPS) is 23.0. The minimum Gasteiger partial charge on any atom is -0.379 e. The van der Waals surface area contributed by atoms with Crippen LogP contribution in [0.5, 0.6) is 0 Å². The van der Waals surface area contributed by atoms with E-state index in [-0.39, 0.29) is 11.5 Å². The van der Waals surface area contributed by atoms with E-state index in [9.17, 15) is 0 Å². The van der Waals surface area contributed by atoms with Gasteiger partial charge in [0, 0.05) is 32.7 Å². The van der Waals surface area contributed by atoms with Crippen molar-refractivity contribution in [1.82, 2.24) is 10.6 Å². The molecule has 0 amide bonds. The zero-order valence-corrected chi connectivity index (χ0v) is 14.4. The molecule has 0 aromatic heterocycles. The van der Waals surface area contributed by atoms with Gasteiger partial charge in [-0.2, -0.15) is 0 Å². The fourth-order valence-corrected chi connectivity index (χ4v) is 2.73. The van der Waals surface area contributed by atoms with E-state index in [1.165, 1.54) is 5.56 Å². The van der Waals surface area contributed by atoms with Crippen LogP contribution >= 0.6 is 0 Å². The van der Waals surface area contributed by atoms with Gasteiger partial charge in [-0.05, 0) is 17.4 Å². The predicted molar refractivity (Wildman–Crippen MR) is 92.3 cm³/mol. The monoisotopic (exact) mass is 303 g/mol. The van der Waals surface area contributed by atoms with E-state index in [4.69, 9.17) is 4.74 Å². The Morgan fingerprint density at radius 2 is 2.00 bits per heavy atom. The van der Waals surface area contributed by atoms with Gasteiger partial charge in [-0.15, -0.1) is 0 Å². The molecule has 3 atom stereocenters. The minimum absolute atomic E-state index is 0.104. The number of guanidine groups is 1. The van der Waals surface area contributed by atoms with E-state index in [1.54, 1.807) is 7.11 Å². The van der Waals surface area contributed by atoms with E-state index in [2.05, 4.69) is 66.7 Å². The van der Waals surface area contributed by atoms with Gasteiger partial charge in [-0.3, -0.25) is 4.99 Å². The number of rotatable bonds is 5. The third kappa shape index (κ3) is 4.47. The molecule has 0 saturated heterocycles. The lowest BCUT2D eigenvalue weighted by Crippen LogP contribution is -2.46.